The molecule has 41 heavy (non-hydrogen) atoms. The molecule has 2 aliphatic carbocycles. The van der Waals surface area contributed by atoms with Crippen LogP contribution in [0.1, 0.15) is 120 Å². The number of hydrogen-bond acceptors (Lipinski definition) is 1. The number of nitrogens with zero attached hydrogens (tertiary/aromatic N) is 1. The van der Waals surface area contributed by atoms with Crippen LogP contribution in [0.15, 0.2) is 79.0 Å². The molecule has 1 unspecified atom stereocenters. The number of fused-ring (bicyclic) bond motifs is 4. The van der Waals surface area contributed by atoms with Gasteiger partial charge in [0.1, 0.15) is 0 Å². The molecule has 0 spiro atoms. The molecule has 3 heteroatoms. The van der Waals surface area contributed by atoms with Crippen molar-refractivity contribution in [3.8, 4) is 0 Å². The number of hydrogen-bond donors (Lipinski definition) is 0. The minimum atomic E-state index is 0. The average molecular weight is 757 g/mol. The van der Waals surface area contributed by atoms with Gasteiger partial charge in [-0.05, 0) is 35.6 Å². The molecule has 1 nitrogen and oxygen atoms in total. The number of benzene rings is 3. The minimum absolute atomic E-state index is 0. The molecule has 2 aliphatic rings. The molecule has 0 amide bonds. The summed E-state index contributed by atoms with van der Waals surface area (Å²) in [5, 5.41) is 0. The molecule has 0 N–H and O–H groups in total. The zero-order valence-electron chi connectivity index (χ0n) is 27.6. The van der Waals surface area contributed by atoms with Gasteiger partial charge in [-0.2, -0.15) is 60.2 Å². The van der Waals surface area contributed by atoms with E-state index in [1.54, 1.807) is 0 Å². The second kappa shape index (κ2) is 28.8. The zero-order chi connectivity index (χ0) is 28.9. The van der Waals surface area contributed by atoms with Gasteiger partial charge in [0.25, 0.3) is 0 Å². The third-order valence-electron chi connectivity index (χ3n) is 5.67. The first-order valence-electron chi connectivity index (χ1n) is 14.8. The quantitative estimate of drug-likeness (QED) is 0.141. The van der Waals surface area contributed by atoms with Gasteiger partial charge in [0.15, 0.2) is 0 Å². The predicted octanol–water partition coefficient (Wildman–Crippen LogP) is 11.2. The van der Waals surface area contributed by atoms with Crippen LogP contribution in [0.25, 0.3) is 0 Å². The first-order valence-corrected chi connectivity index (χ1v) is 14.8. The molecule has 0 bridgehead atoms. The van der Waals surface area contributed by atoms with Crippen molar-refractivity contribution in [1.29, 1.82) is 0 Å². The molecule has 1 atom stereocenters. The number of aryl methyl sites for hydroxylation is 1. The Labute approximate surface area is 298 Å². The van der Waals surface area contributed by atoms with Crippen LogP contribution in [0.4, 0.5) is 0 Å². The van der Waals surface area contributed by atoms with Crippen molar-refractivity contribution >= 4 is 0 Å². The third kappa shape index (κ3) is 13.3. The van der Waals surface area contributed by atoms with Crippen molar-refractivity contribution in [1.82, 2.24) is 4.98 Å². The van der Waals surface area contributed by atoms with E-state index in [1.165, 1.54) is 44.6 Å². The van der Waals surface area contributed by atoms with E-state index in [0.717, 1.165) is 12.8 Å². The van der Waals surface area contributed by atoms with Crippen molar-refractivity contribution in [3.63, 3.8) is 0 Å². The SMILES string of the molecule is CC.CC.CC.CC.CC.Cc1[c-]cccc1.[Ar].[CH3-].[Ir+3].[c-]1cccc2c1C1c3ncccc3Cc3cccc(c31)C2. The molecule has 0 fully saturated rings. The summed E-state index contributed by atoms with van der Waals surface area (Å²) in [7, 11) is 0. The van der Waals surface area contributed by atoms with E-state index in [9.17, 15) is 0 Å². The maximum absolute atomic E-state index is 4.72. The van der Waals surface area contributed by atoms with Crippen molar-refractivity contribution in [2.75, 3.05) is 0 Å². The summed E-state index contributed by atoms with van der Waals surface area (Å²) in [6.07, 6.45) is 3.95. The second-order valence-electron chi connectivity index (χ2n) is 7.48. The monoisotopic (exact) mass is 757 g/mol. The van der Waals surface area contributed by atoms with Gasteiger partial charge in [0.05, 0.1) is 5.69 Å². The molecule has 4 aromatic rings. The first-order chi connectivity index (χ1) is 18.8. The Bertz CT molecular complexity index is 1070. The summed E-state index contributed by atoms with van der Waals surface area (Å²) in [6.45, 7) is 22.0. The molecule has 6 rings (SSSR count). The maximum Gasteiger partial charge on any atom is 3.00 e. The normalized spacial score (nSPS) is 11.2. The van der Waals surface area contributed by atoms with Gasteiger partial charge in [-0.3, -0.25) is 4.98 Å². The van der Waals surface area contributed by atoms with E-state index in [4.69, 9.17) is 4.98 Å². The van der Waals surface area contributed by atoms with Gasteiger partial charge in [0, 0.05) is 49.9 Å². The summed E-state index contributed by atoms with van der Waals surface area (Å²) < 4.78 is 0. The minimum Gasteiger partial charge on any atom is -0.358 e. The molecule has 0 aliphatic heterocycles. The molecule has 228 valence electrons. The third-order valence-corrected chi connectivity index (χ3v) is 5.67. The molecular formula is C38H54ArIrN. The molecule has 1 heterocycles. The summed E-state index contributed by atoms with van der Waals surface area (Å²) >= 11 is 0. The Balaban J connectivity index is -0.000000293. The Morgan fingerprint density at radius 3 is 1.63 bits per heavy atom. The first kappa shape index (κ1) is 46.7. The number of pyridine rings is 1. The van der Waals surface area contributed by atoms with Gasteiger partial charge in [-0.1, -0.05) is 106 Å². The predicted molar refractivity (Wildman–Crippen MR) is 176 cm³/mol. The van der Waals surface area contributed by atoms with Gasteiger partial charge in [-0.15, -0.1) is 11.1 Å². The molecule has 0 radical (unpaired) electrons. The fourth-order valence-electron chi connectivity index (χ4n) is 4.42. The van der Waals surface area contributed by atoms with Crippen LogP contribution in [-0.4, -0.2) is 4.98 Å². The van der Waals surface area contributed by atoms with E-state index < -0.39 is 0 Å². The van der Waals surface area contributed by atoms with Crippen LogP contribution >= 0.6 is 0 Å². The molecule has 0 saturated heterocycles. The van der Waals surface area contributed by atoms with Crippen molar-refractivity contribution in [2.24, 2.45) is 0 Å². The van der Waals surface area contributed by atoms with Crippen LogP contribution in [0, 0.1) is 64.2 Å². The fraction of sp³-hybridized carbons (Fsp3) is 0.368. The Morgan fingerprint density at radius 2 is 1.12 bits per heavy atom. The van der Waals surface area contributed by atoms with Gasteiger partial charge >= 0.3 is 20.1 Å². The Hall–Kier alpha value is -1.28. The van der Waals surface area contributed by atoms with Crippen LogP contribution < -0.4 is 0 Å². The van der Waals surface area contributed by atoms with Gasteiger partial charge < -0.3 is 7.43 Å². The Kier molecular flexibility index (Phi) is 32.8. The second-order valence-corrected chi connectivity index (χ2v) is 7.48. The zero-order valence-corrected chi connectivity index (χ0v) is 30.7. The standard InChI is InChI=1S/C20H14N.C7H7.5C2H6.CH3.Ar.Ir/c1-2-9-17-13(5-1)11-14-6-3-7-15-12-16-8-4-10-21-20(16)19(17)18(14)15;1-7-5-3-2-4-6-7;5*1-2;;;/h1-8,10,19H,11-12H2;2-5H,1H3;5*1-2H3;1H3;;/q2*-1;;;;;;-1;;+3. The largest absolute Gasteiger partial charge is 3.00 e. The van der Waals surface area contributed by atoms with Crippen LogP contribution in [-0.2, 0) is 32.9 Å². The Morgan fingerprint density at radius 1 is 0.610 bits per heavy atom. The average Bonchev–Trinajstić information content (AvgIpc) is 3.03. The summed E-state index contributed by atoms with van der Waals surface area (Å²) in [4.78, 5) is 4.72. The molecule has 1 aromatic heterocycles. The summed E-state index contributed by atoms with van der Waals surface area (Å²) in [5.74, 6) is 0.270. The van der Waals surface area contributed by atoms with E-state index >= 15 is 0 Å². The van der Waals surface area contributed by atoms with Gasteiger partial charge in [0.2, 0.25) is 0 Å². The van der Waals surface area contributed by atoms with Crippen molar-refractivity contribution in [2.45, 2.75) is 94.9 Å². The topological polar surface area (TPSA) is 12.9 Å². The molecule has 3 aromatic carbocycles. The molecular weight excluding hydrogens is 703 g/mol. The van der Waals surface area contributed by atoms with Crippen LogP contribution in [0.2, 0.25) is 0 Å². The van der Waals surface area contributed by atoms with Crippen molar-refractivity contribution < 1.29 is 57.8 Å². The van der Waals surface area contributed by atoms with Crippen molar-refractivity contribution in [3.05, 3.63) is 143 Å². The van der Waals surface area contributed by atoms with Gasteiger partial charge in [-0.25, -0.2) is 0 Å². The van der Waals surface area contributed by atoms with E-state index in [1.807, 2.05) is 119 Å². The summed E-state index contributed by atoms with van der Waals surface area (Å²) in [5.41, 5.74) is 10.9. The van der Waals surface area contributed by atoms with E-state index in [2.05, 4.69) is 48.5 Å². The van der Waals surface area contributed by atoms with Crippen LogP contribution in [0.3, 0.4) is 0 Å². The fourth-order valence-corrected chi connectivity index (χ4v) is 4.42. The smallest absolute Gasteiger partial charge is 0.358 e. The number of aromatic nitrogens is 1. The van der Waals surface area contributed by atoms with E-state index in [0.29, 0.717) is 0 Å². The number of rotatable bonds is 0. The van der Waals surface area contributed by atoms with E-state index in [-0.39, 0.29) is 71.2 Å². The van der Waals surface area contributed by atoms with Crippen LogP contribution in [0.5, 0.6) is 0 Å². The summed E-state index contributed by atoms with van der Waals surface area (Å²) in [6, 6.07) is 31.8. The molecule has 0 saturated carbocycles. The maximum atomic E-state index is 4.72.